The molecule has 7 heteroatoms. The molecule has 0 radical (unpaired) electrons. The average Bonchev–Trinajstić information content (AvgIpc) is 2.73. The van der Waals surface area contributed by atoms with E-state index in [9.17, 15) is 8.42 Å². The maximum atomic E-state index is 12.1. The normalized spacial score (nSPS) is 18.6. The number of nitrogens with two attached hydrogens (primary N) is 1. The van der Waals surface area contributed by atoms with Gasteiger partial charge in [0.2, 0.25) is 10.0 Å². The van der Waals surface area contributed by atoms with Crippen LogP contribution >= 0.6 is 0 Å². The van der Waals surface area contributed by atoms with Gasteiger partial charge in [-0.1, -0.05) is 0 Å². The van der Waals surface area contributed by atoms with Crippen molar-refractivity contribution in [1.82, 2.24) is 14.5 Å². The van der Waals surface area contributed by atoms with Gasteiger partial charge in [-0.15, -0.1) is 0 Å². The highest BCUT2D eigenvalue weighted by Gasteiger charge is 2.36. The second-order valence-electron chi connectivity index (χ2n) is 5.10. The fourth-order valence-electron chi connectivity index (χ4n) is 2.05. The third-order valence-electron chi connectivity index (χ3n) is 3.35. The SMILES string of the molecule is CC1(NS(=O)(=O)c2cnn(CCCN)c2)CCC1. The lowest BCUT2D eigenvalue weighted by atomic mass is 9.80. The minimum atomic E-state index is -3.45. The number of hydrogen-bond donors (Lipinski definition) is 2. The molecule has 0 amide bonds. The molecule has 6 nitrogen and oxygen atoms in total. The molecule has 2 rings (SSSR count). The van der Waals surface area contributed by atoms with Gasteiger partial charge in [0.1, 0.15) is 4.90 Å². The first-order valence-corrected chi connectivity index (χ1v) is 7.70. The van der Waals surface area contributed by atoms with Crippen LogP contribution in [0.1, 0.15) is 32.6 Å². The predicted octanol–water partition coefficient (Wildman–Crippen LogP) is 0.453. The van der Waals surface area contributed by atoms with Crippen LogP contribution in [0.2, 0.25) is 0 Å². The van der Waals surface area contributed by atoms with Crippen molar-refractivity contribution < 1.29 is 8.42 Å². The molecule has 102 valence electrons. The molecule has 0 saturated heterocycles. The zero-order valence-corrected chi connectivity index (χ0v) is 11.4. The standard InChI is InChI=1S/C11H20N4O2S/c1-11(4-2-5-11)14-18(16,17)10-8-13-15(9-10)7-3-6-12/h8-9,14H,2-7,12H2,1H3. The Hall–Kier alpha value is -0.920. The second-order valence-corrected chi connectivity index (χ2v) is 6.78. The first kappa shape index (κ1) is 13.5. The van der Waals surface area contributed by atoms with Crippen LogP contribution in [-0.4, -0.2) is 30.3 Å². The molecule has 1 saturated carbocycles. The van der Waals surface area contributed by atoms with Crippen molar-refractivity contribution >= 4 is 10.0 Å². The number of hydrogen-bond acceptors (Lipinski definition) is 4. The highest BCUT2D eigenvalue weighted by atomic mass is 32.2. The van der Waals surface area contributed by atoms with Gasteiger partial charge >= 0.3 is 0 Å². The van der Waals surface area contributed by atoms with Gasteiger partial charge in [-0.25, -0.2) is 13.1 Å². The van der Waals surface area contributed by atoms with Gasteiger partial charge in [-0.3, -0.25) is 4.68 Å². The smallest absolute Gasteiger partial charge is 0.244 e. The van der Waals surface area contributed by atoms with Crippen LogP contribution in [-0.2, 0) is 16.6 Å². The topological polar surface area (TPSA) is 90.0 Å². The largest absolute Gasteiger partial charge is 0.330 e. The number of aryl methyl sites for hydroxylation is 1. The molecule has 1 aliphatic carbocycles. The maximum Gasteiger partial charge on any atom is 0.244 e. The molecule has 1 aromatic rings. The Balaban J connectivity index is 2.07. The Kier molecular flexibility index (Phi) is 3.74. The molecule has 0 unspecified atom stereocenters. The summed E-state index contributed by atoms with van der Waals surface area (Å²) in [5.41, 5.74) is 5.13. The van der Waals surface area contributed by atoms with Gasteiger partial charge in [0.05, 0.1) is 6.20 Å². The van der Waals surface area contributed by atoms with E-state index in [1.807, 2.05) is 6.92 Å². The third-order valence-corrected chi connectivity index (χ3v) is 4.94. The average molecular weight is 272 g/mol. The molecule has 0 aliphatic heterocycles. The van der Waals surface area contributed by atoms with Gasteiger partial charge in [-0.05, 0) is 39.2 Å². The first-order chi connectivity index (χ1) is 8.45. The molecule has 3 N–H and O–H groups in total. The zero-order valence-electron chi connectivity index (χ0n) is 10.6. The van der Waals surface area contributed by atoms with Crippen molar-refractivity contribution in [2.24, 2.45) is 5.73 Å². The lowest BCUT2D eigenvalue weighted by molar-refractivity contribution is 0.248. The zero-order chi connectivity index (χ0) is 13.2. The van der Waals surface area contributed by atoms with E-state index in [2.05, 4.69) is 9.82 Å². The highest BCUT2D eigenvalue weighted by Crippen LogP contribution is 2.32. The van der Waals surface area contributed by atoms with E-state index in [1.165, 1.54) is 6.20 Å². The van der Waals surface area contributed by atoms with E-state index < -0.39 is 10.0 Å². The number of aromatic nitrogens is 2. The van der Waals surface area contributed by atoms with E-state index in [0.717, 1.165) is 25.7 Å². The Bertz CT molecular complexity index is 505. The molecule has 1 aliphatic rings. The summed E-state index contributed by atoms with van der Waals surface area (Å²) in [6, 6.07) is 0. The summed E-state index contributed by atoms with van der Waals surface area (Å²) in [6.07, 6.45) is 6.60. The molecule has 0 aromatic carbocycles. The van der Waals surface area contributed by atoms with Gasteiger partial charge < -0.3 is 5.73 Å². The van der Waals surface area contributed by atoms with Crippen molar-refractivity contribution in [3.8, 4) is 0 Å². The highest BCUT2D eigenvalue weighted by molar-refractivity contribution is 7.89. The summed E-state index contributed by atoms with van der Waals surface area (Å²) in [6.45, 7) is 3.15. The van der Waals surface area contributed by atoms with Crippen molar-refractivity contribution in [1.29, 1.82) is 0 Å². The van der Waals surface area contributed by atoms with E-state index in [0.29, 0.717) is 13.1 Å². The van der Waals surface area contributed by atoms with Crippen molar-refractivity contribution in [3.63, 3.8) is 0 Å². The summed E-state index contributed by atoms with van der Waals surface area (Å²) in [7, 11) is -3.45. The van der Waals surface area contributed by atoms with Crippen molar-refractivity contribution in [3.05, 3.63) is 12.4 Å². The van der Waals surface area contributed by atoms with Crippen LogP contribution in [0, 0.1) is 0 Å². The van der Waals surface area contributed by atoms with Crippen LogP contribution in [0.5, 0.6) is 0 Å². The molecular weight excluding hydrogens is 252 g/mol. The maximum absolute atomic E-state index is 12.1. The lowest BCUT2D eigenvalue weighted by Crippen LogP contribution is -2.50. The Morgan fingerprint density at radius 2 is 2.28 bits per heavy atom. The fraction of sp³-hybridized carbons (Fsp3) is 0.727. The molecule has 18 heavy (non-hydrogen) atoms. The Morgan fingerprint density at radius 3 is 2.83 bits per heavy atom. The molecule has 0 spiro atoms. The minimum absolute atomic E-state index is 0.229. The van der Waals surface area contributed by atoms with Crippen LogP contribution < -0.4 is 10.5 Å². The molecule has 1 heterocycles. The number of rotatable bonds is 6. The Labute approximate surface area is 108 Å². The summed E-state index contributed by atoms with van der Waals surface area (Å²) in [5, 5.41) is 4.04. The molecule has 0 bridgehead atoms. The monoisotopic (exact) mass is 272 g/mol. The Morgan fingerprint density at radius 1 is 1.56 bits per heavy atom. The molecular formula is C11H20N4O2S. The van der Waals surface area contributed by atoms with Gasteiger partial charge in [-0.2, -0.15) is 5.10 Å². The van der Waals surface area contributed by atoms with E-state index >= 15 is 0 Å². The van der Waals surface area contributed by atoms with E-state index in [-0.39, 0.29) is 10.4 Å². The molecule has 1 aromatic heterocycles. The lowest BCUT2D eigenvalue weighted by Gasteiger charge is -2.38. The van der Waals surface area contributed by atoms with Crippen LogP contribution in [0.25, 0.3) is 0 Å². The summed E-state index contributed by atoms with van der Waals surface area (Å²) in [5.74, 6) is 0. The summed E-state index contributed by atoms with van der Waals surface area (Å²) < 4.78 is 28.6. The van der Waals surface area contributed by atoms with Crippen LogP contribution in [0.3, 0.4) is 0 Å². The molecule has 0 atom stereocenters. The second kappa shape index (κ2) is 4.99. The van der Waals surface area contributed by atoms with Crippen LogP contribution in [0.4, 0.5) is 0 Å². The third kappa shape index (κ3) is 2.90. The van der Waals surface area contributed by atoms with Gasteiger partial charge in [0.15, 0.2) is 0 Å². The van der Waals surface area contributed by atoms with E-state index in [4.69, 9.17) is 5.73 Å². The van der Waals surface area contributed by atoms with Gasteiger partial charge in [0, 0.05) is 18.3 Å². The summed E-state index contributed by atoms with van der Waals surface area (Å²) in [4.78, 5) is 0.229. The number of nitrogens with zero attached hydrogens (tertiary/aromatic N) is 2. The molecule has 1 fully saturated rings. The predicted molar refractivity (Wildman–Crippen MR) is 68.5 cm³/mol. The van der Waals surface area contributed by atoms with Gasteiger partial charge in [0.25, 0.3) is 0 Å². The minimum Gasteiger partial charge on any atom is -0.330 e. The van der Waals surface area contributed by atoms with Crippen molar-refractivity contribution in [2.75, 3.05) is 6.54 Å². The van der Waals surface area contributed by atoms with E-state index in [1.54, 1.807) is 10.9 Å². The number of sulfonamides is 1. The first-order valence-electron chi connectivity index (χ1n) is 6.22. The number of nitrogens with one attached hydrogen (secondary N) is 1. The van der Waals surface area contributed by atoms with Crippen molar-refractivity contribution in [2.45, 2.75) is 49.6 Å². The summed E-state index contributed by atoms with van der Waals surface area (Å²) >= 11 is 0. The fourth-order valence-corrected chi connectivity index (χ4v) is 3.47. The quantitative estimate of drug-likeness (QED) is 0.787. The van der Waals surface area contributed by atoms with Crippen LogP contribution in [0.15, 0.2) is 17.3 Å².